The van der Waals surface area contributed by atoms with Gasteiger partial charge in [0.05, 0.1) is 17.2 Å². The number of rotatable bonds is 3. The fourth-order valence-corrected chi connectivity index (χ4v) is 3.53. The van der Waals surface area contributed by atoms with Crippen LogP contribution >= 0.6 is 11.6 Å². The van der Waals surface area contributed by atoms with Crippen molar-refractivity contribution in [3.05, 3.63) is 35.7 Å². The van der Waals surface area contributed by atoms with Crippen LogP contribution in [0.3, 0.4) is 0 Å². The average Bonchev–Trinajstić information content (AvgIpc) is 3.26. The number of fused-ring (bicyclic) bond motifs is 1. The second kappa shape index (κ2) is 6.92. The molecule has 0 aromatic carbocycles. The van der Waals surface area contributed by atoms with Gasteiger partial charge in [-0.1, -0.05) is 24.4 Å². The maximum absolute atomic E-state index is 12.1. The molecule has 0 bridgehead atoms. The number of carbonyl (C=O) groups excluding carboxylic acids is 1. The standard InChI is InChI=1S/C18H19ClN6O/c1-25-10-11(9-20-25)13-8-15-14(23-17(13)19)6-7-16(22-15)24-18(26)21-12-4-2-3-5-12/h6-10,12H,2-5H2,1H3,(H2,21,22,24,26). The molecule has 4 rings (SSSR count). The van der Waals surface area contributed by atoms with Gasteiger partial charge in [0.2, 0.25) is 0 Å². The van der Waals surface area contributed by atoms with Crippen molar-refractivity contribution >= 4 is 34.5 Å². The summed E-state index contributed by atoms with van der Waals surface area (Å²) in [5.41, 5.74) is 2.95. The van der Waals surface area contributed by atoms with E-state index >= 15 is 0 Å². The van der Waals surface area contributed by atoms with Crippen LogP contribution in [0.1, 0.15) is 25.7 Å². The number of anilines is 1. The van der Waals surface area contributed by atoms with Gasteiger partial charge in [-0.2, -0.15) is 5.10 Å². The van der Waals surface area contributed by atoms with Crippen LogP contribution in [-0.2, 0) is 7.05 Å². The Labute approximate surface area is 155 Å². The Morgan fingerprint density at radius 2 is 2.04 bits per heavy atom. The molecule has 0 saturated heterocycles. The average molecular weight is 371 g/mol. The minimum Gasteiger partial charge on any atom is -0.335 e. The maximum atomic E-state index is 12.1. The highest BCUT2D eigenvalue weighted by Gasteiger charge is 2.17. The van der Waals surface area contributed by atoms with Crippen LogP contribution < -0.4 is 10.6 Å². The minimum atomic E-state index is -0.224. The summed E-state index contributed by atoms with van der Waals surface area (Å²) in [6.07, 6.45) is 8.01. The van der Waals surface area contributed by atoms with Crippen molar-refractivity contribution in [2.45, 2.75) is 31.7 Å². The number of pyridine rings is 2. The Kier molecular flexibility index (Phi) is 4.46. The van der Waals surface area contributed by atoms with Crippen molar-refractivity contribution < 1.29 is 4.79 Å². The number of hydrogen-bond donors (Lipinski definition) is 2. The molecular weight excluding hydrogens is 352 g/mol. The SMILES string of the molecule is Cn1cc(-c2cc3nc(NC(=O)NC4CCCC4)ccc3nc2Cl)cn1. The lowest BCUT2D eigenvalue weighted by atomic mass is 10.1. The zero-order valence-electron chi connectivity index (χ0n) is 14.4. The van der Waals surface area contributed by atoms with Gasteiger partial charge in [-0.25, -0.2) is 14.8 Å². The number of amides is 2. The molecule has 8 heteroatoms. The van der Waals surface area contributed by atoms with Crippen LogP contribution in [0.25, 0.3) is 22.2 Å². The normalized spacial score (nSPS) is 14.7. The predicted octanol–water partition coefficient (Wildman–Crippen LogP) is 3.75. The Balaban J connectivity index is 1.59. The highest BCUT2D eigenvalue weighted by atomic mass is 35.5. The van der Waals surface area contributed by atoms with Crippen molar-refractivity contribution in [1.82, 2.24) is 25.1 Å². The van der Waals surface area contributed by atoms with Crippen molar-refractivity contribution in [3.8, 4) is 11.1 Å². The molecule has 0 spiro atoms. The van der Waals surface area contributed by atoms with Gasteiger partial charge in [0.25, 0.3) is 0 Å². The van der Waals surface area contributed by atoms with E-state index in [1.54, 1.807) is 23.0 Å². The Morgan fingerprint density at radius 1 is 1.23 bits per heavy atom. The zero-order valence-corrected chi connectivity index (χ0v) is 15.1. The highest BCUT2D eigenvalue weighted by molar-refractivity contribution is 6.32. The van der Waals surface area contributed by atoms with E-state index in [0.717, 1.165) is 24.0 Å². The molecule has 1 fully saturated rings. The third-order valence-corrected chi connectivity index (χ3v) is 4.86. The third kappa shape index (κ3) is 3.48. The number of urea groups is 1. The summed E-state index contributed by atoms with van der Waals surface area (Å²) >= 11 is 6.31. The predicted molar refractivity (Wildman–Crippen MR) is 101 cm³/mol. The summed E-state index contributed by atoms with van der Waals surface area (Å²) in [5, 5.41) is 10.3. The van der Waals surface area contributed by atoms with E-state index in [9.17, 15) is 4.79 Å². The Hall–Kier alpha value is -2.67. The van der Waals surface area contributed by atoms with E-state index in [1.807, 2.05) is 19.3 Å². The summed E-state index contributed by atoms with van der Waals surface area (Å²) in [6.45, 7) is 0. The molecule has 3 aromatic heterocycles. The van der Waals surface area contributed by atoms with Crippen LogP contribution in [0, 0.1) is 0 Å². The fourth-order valence-electron chi connectivity index (χ4n) is 3.27. The van der Waals surface area contributed by atoms with Crippen LogP contribution in [0.2, 0.25) is 5.15 Å². The molecule has 2 N–H and O–H groups in total. The van der Waals surface area contributed by atoms with Crippen LogP contribution in [0.5, 0.6) is 0 Å². The zero-order chi connectivity index (χ0) is 18.1. The summed E-state index contributed by atoms with van der Waals surface area (Å²) < 4.78 is 1.70. The molecule has 7 nitrogen and oxygen atoms in total. The van der Waals surface area contributed by atoms with Crippen LogP contribution in [0.4, 0.5) is 10.6 Å². The van der Waals surface area contributed by atoms with Crippen molar-refractivity contribution in [1.29, 1.82) is 0 Å². The monoisotopic (exact) mass is 370 g/mol. The smallest absolute Gasteiger partial charge is 0.320 e. The number of aryl methyl sites for hydroxylation is 1. The molecule has 1 aliphatic rings. The van der Waals surface area contributed by atoms with E-state index in [0.29, 0.717) is 22.0 Å². The second-order valence-corrected chi connectivity index (χ2v) is 6.90. The van der Waals surface area contributed by atoms with Crippen LogP contribution in [0.15, 0.2) is 30.6 Å². The van der Waals surface area contributed by atoms with Crippen molar-refractivity contribution in [2.24, 2.45) is 7.05 Å². The fraction of sp³-hybridized carbons (Fsp3) is 0.333. The lowest BCUT2D eigenvalue weighted by Crippen LogP contribution is -2.36. The second-order valence-electron chi connectivity index (χ2n) is 6.54. The first-order valence-corrected chi connectivity index (χ1v) is 9.00. The van der Waals surface area contributed by atoms with Gasteiger partial charge in [0, 0.05) is 30.4 Å². The van der Waals surface area contributed by atoms with Crippen molar-refractivity contribution in [2.75, 3.05) is 5.32 Å². The van der Waals surface area contributed by atoms with Gasteiger partial charge in [-0.05, 0) is 31.0 Å². The summed E-state index contributed by atoms with van der Waals surface area (Å²) in [5.74, 6) is 0.481. The van der Waals surface area contributed by atoms with E-state index in [2.05, 4.69) is 25.7 Å². The topological polar surface area (TPSA) is 84.7 Å². The molecule has 26 heavy (non-hydrogen) atoms. The quantitative estimate of drug-likeness (QED) is 0.687. The first kappa shape index (κ1) is 16.8. The maximum Gasteiger partial charge on any atom is 0.320 e. The number of carbonyl (C=O) groups is 1. The number of nitrogens with zero attached hydrogens (tertiary/aromatic N) is 4. The Morgan fingerprint density at radius 3 is 2.77 bits per heavy atom. The first-order chi connectivity index (χ1) is 12.6. The largest absolute Gasteiger partial charge is 0.335 e. The van der Waals surface area contributed by atoms with E-state index in [-0.39, 0.29) is 12.1 Å². The van der Waals surface area contributed by atoms with Gasteiger partial charge < -0.3 is 5.32 Å². The van der Waals surface area contributed by atoms with Gasteiger partial charge >= 0.3 is 6.03 Å². The number of nitrogens with one attached hydrogen (secondary N) is 2. The van der Waals surface area contributed by atoms with Gasteiger partial charge in [0.1, 0.15) is 11.0 Å². The number of aromatic nitrogens is 4. The van der Waals surface area contributed by atoms with Crippen molar-refractivity contribution in [3.63, 3.8) is 0 Å². The molecule has 2 amide bonds. The molecule has 0 radical (unpaired) electrons. The molecule has 1 saturated carbocycles. The minimum absolute atomic E-state index is 0.224. The summed E-state index contributed by atoms with van der Waals surface area (Å²) in [6, 6.07) is 5.42. The molecule has 3 aromatic rings. The lowest BCUT2D eigenvalue weighted by molar-refractivity contribution is 0.248. The summed E-state index contributed by atoms with van der Waals surface area (Å²) in [4.78, 5) is 21.0. The molecule has 1 aliphatic carbocycles. The highest BCUT2D eigenvalue weighted by Crippen LogP contribution is 2.29. The lowest BCUT2D eigenvalue weighted by Gasteiger charge is -2.13. The van der Waals surface area contributed by atoms with Gasteiger partial charge in [-0.3, -0.25) is 10.00 Å². The van der Waals surface area contributed by atoms with Gasteiger partial charge in [-0.15, -0.1) is 0 Å². The third-order valence-electron chi connectivity index (χ3n) is 4.57. The molecule has 3 heterocycles. The molecule has 0 unspecified atom stereocenters. The van der Waals surface area contributed by atoms with Gasteiger partial charge in [0.15, 0.2) is 0 Å². The van der Waals surface area contributed by atoms with E-state index in [4.69, 9.17) is 11.6 Å². The number of halogens is 1. The first-order valence-electron chi connectivity index (χ1n) is 8.62. The van der Waals surface area contributed by atoms with E-state index in [1.165, 1.54) is 12.8 Å². The van der Waals surface area contributed by atoms with Crippen LogP contribution in [-0.4, -0.2) is 31.8 Å². The molecule has 0 atom stereocenters. The number of hydrogen-bond acceptors (Lipinski definition) is 4. The molecular formula is C18H19ClN6O. The summed E-state index contributed by atoms with van der Waals surface area (Å²) in [7, 11) is 1.84. The Bertz CT molecular complexity index is 963. The molecule has 0 aliphatic heterocycles. The van der Waals surface area contributed by atoms with E-state index < -0.39 is 0 Å². The molecule has 134 valence electrons.